The number of fused-ring (bicyclic) bond motifs is 1. The summed E-state index contributed by atoms with van der Waals surface area (Å²) >= 11 is 0. The van der Waals surface area contributed by atoms with Gasteiger partial charge in [0.1, 0.15) is 5.75 Å². The maximum Gasteiger partial charge on any atom is 0.262 e. The number of anilines is 1. The smallest absolute Gasteiger partial charge is 0.262 e. The number of methoxy groups -OCH3 is 2. The maximum atomic E-state index is 12.2. The first-order valence-corrected chi connectivity index (χ1v) is 7.87. The van der Waals surface area contributed by atoms with Crippen molar-refractivity contribution < 1.29 is 19.0 Å². The monoisotopic (exact) mass is 354 g/mol. The van der Waals surface area contributed by atoms with Crippen molar-refractivity contribution in [3.05, 3.63) is 59.0 Å². The molecule has 1 amide bonds. The van der Waals surface area contributed by atoms with Gasteiger partial charge in [-0.05, 0) is 30.3 Å². The Hall–Kier alpha value is -3.48. The largest absolute Gasteiger partial charge is 0.493 e. The van der Waals surface area contributed by atoms with E-state index in [-0.39, 0.29) is 18.1 Å². The number of carbonyl (C=O) groups excluding carboxylic acids is 1. The second kappa shape index (κ2) is 7.60. The molecule has 134 valence electrons. The minimum absolute atomic E-state index is 0.194. The zero-order chi connectivity index (χ0) is 18.5. The number of amides is 1. The van der Waals surface area contributed by atoms with E-state index >= 15 is 0 Å². The van der Waals surface area contributed by atoms with E-state index in [0.717, 1.165) is 0 Å². The fourth-order valence-electron chi connectivity index (χ4n) is 2.57. The van der Waals surface area contributed by atoms with Crippen molar-refractivity contribution in [2.45, 2.75) is 0 Å². The standard InChI is InChI=1S/C19H18N2O5/c1-24-16-7-6-12(10-17(16)25-2)21-18(22)11-26-15-5-3-4-14-13(15)8-9-20-19(14)23/h3-10H,11H2,1-2H3,(H,20,23)(H,21,22). The fraction of sp³-hybridized carbons (Fsp3) is 0.158. The molecule has 7 heteroatoms. The molecule has 0 aliphatic rings. The third-order valence-corrected chi connectivity index (χ3v) is 3.80. The van der Waals surface area contributed by atoms with E-state index in [4.69, 9.17) is 14.2 Å². The molecule has 0 bridgehead atoms. The van der Waals surface area contributed by atoms with Gasteiger partial charge in [-0.15, -0.1) is 0 Å². The second-order valence-electron chi connectivity index (χ2n) is 5.43. The topological polar surface area (TPSA) is 89.6 Å². The maximum absolute atomic E-state index is 12.2. The van der Waals surface area contributed by atoms with Crippen molar-refractivity contribution in [2.75, 3.05) is 26.1 Å². The molecule has 0 spiro atoms. The molecule has 3 aromatic rings. The summed E-state index contributed by atoms with van der Waals surface area (Å²) in [6, 6.07) is 11.9. The van der Waals surface area contributed by atoms with E-state index in [1.165, 1.54) is 7.11 Å². The Labute approximate surface area is 149 Å². The second-order valence-corrected chi connectivity index (χ2v) is 5.43. The lowest BCUT2D eigenvalue weighted by molar-refractivity contribution is -0.118. The van der Waals surface area contributed by atoms with E-state index in [9.17, 15) is 9.59 Å². The molecule has 0 atom stereocenters. The van der Waals surface area contributed by atoms with Crippen LogP contribution in [0.5, 0.6) is 17.2 Å². The quantitative estimate of drug-likeness (QED) is 0.710. The number of carbonyl (C=O) groups is 1. The molecule has 7 nitrogen and oxygen atoms in total. The molecule has 0 aliphatic heterocycles. The lowest BCUT2D eigenvalue weighted by Crippen LogP contribution is -2.20. The molecule has 2 N–H and O–H groups in total. The number of benzene rings is 2. The number of aromatic amines is 1. The third kappa shape index (κ3) is 3.61. The fourth-order valence-corrected chi connectivity index (χ4v) is 2.57. The normalized spacial score (nSPS) is 10.4. The van der Waals surface area contributed by atoms with Crippen LogP contribution in [0.3, 0.4) is 0 Å². The Morgan fingerprint density at radius 3 is 2.58 bits per heavy atom. The molecule has 1 heterocycles. The lowest BCUT2D eigenvalue weighted by atomic mass is 10.1. The Bertz CT molecular complexity index is 997. The summed E-state index contributed by atoms with van der Waals surface area (Å²) in [5.41, 5.74) is 0.355. The average Bonchev–Trinajstić information content (AvgIpc) is 2.66. The summed E-state index contributed by atoms with van der Waals surface area (Å²) in [7, 11) is 3.06. The molecular formula is C19H18N2O5. The summed E-state index contributed by atoms with van der Waals surface area (Å²) in [6.45, 7) is -0.194. The van der Waals surface area contributed by atoms with Crippen LogP contribution in [0.2, 0.25) is 0 Å². The summed E-state index contributed by atoms with van der Waals surface area (Å²) in [5, 5.41) is 3.88. The van der Waals surface area contributed by atoms with Crippen molar-refractivity contribution in [3.63, 3.8) is 0 Å². The SMILES string of the molecule is COc1ccc(NC(=O)COc2cccc3c(=O)[nH]ccc23)cc1OC. The number of aromatic nitrogens is 1. The van der Waals surface area contributed by atoms with Gasteiger partial charge in [-0.2, -0.15) is 0 Å². The van der Waals surface area contributed by atoms with Gasteiger partial charge in [-0.3, -0.25) is 9.59 Å². The van der Waals surface area contributed by atoms with Crippen LogP contribution < -0.4 is 25.1 Å². The summed E-state index contributed by atoms with van der Waals surface area (Å²) in [4.78, 5) is 26.6. The van der Waals surface area contributed by atoms with E-state index in [2.05, 4.69) is 10.3 Å². The molecule has 1 aromatic heterocycles. The van der Waals surface area contributed by atoms with Crippen molar-refractivity contribution in [1.82, 2.24) is 4.98 Å². The van der Waals surface area contributed by atoms with Crippen LogP contribution in [0.4, 0.5) is 5.69 Å². The van der Waals surface area contributed by atoms with Crippen molar-refractivity contribution in [2.24, 2.45) is 0 Å². The van der Waals surface area contributed by atoms with Gasteiger partial charge in [0.25, 0.3) is 11.5 Å². The lowest BCUT2D eigenvalue weighted by Gasteiger charge is -2.12. The predicted octanol–water partition coefficient (Wildman–Crippen LogP) is 2.56. The summed E-state index contributed by atoms with van der Waals surface area (Å²) in [5.74, 6) is 1.22. The van der Waals surface area contributed by atoms with Crippen LogP contribution >= 0.6 is 0 Å². The van der Waals surface area contributed by atoms with Crippen LogP contribution in [0, 0.1) is 0 Å². The molecular weight excluding hydrogens is 336 g/mol. The number of nitrogens with one attached hydrogen (secondary N) is 2. The predicted molar refractivity (Wildman–Crippen MR) is 98.2 cm³/mol. The van der Waals surface area contributed by atoms with Crippen molar-refractivity contribution in [3.8, 4) is 17.2 Å². The van der Waals surface area contributed by atoms with Gasteiger partial charge in [0.15, 0.2) is 18.1 Å². The Balaban J connectivity index is 1.70. The molecule has 3 rings (SSSR count). The highest BCUT2D eigenvalue weighted by Gasteiger charge is 2.10. The van der Waals surface area contributed by atoms with Gasteiger partial charge in [0.2, 0.25) is 0 Å². The van der Waals surface area contributed by atoms with Crippen LogP contribution in [-0.4, -0.2) is 31.7 Å². The van der Waals surface area contributed by atoms with E-state index in [1.807, 2.05) is 0 Å². The Morgan fingerprint density at radius 1 is 1.00 bits per heavy atom. The Kier molecular flexibility index (Phi) is 5.07. The first-order chi connectivity index (χ1) is 12.6. The zero-order valence-electron chi connectivity index (χ0n) is 14.4. The van der Waals surface area contributed by atoms with Gasteiger partial charge in [0.05, 0.1) is 19.6 Å². The Morgan fingerprint density at radius 2 is 1.81 bits per heavy atom. The number of hydrogen-bond donors (Lipinski definition) is 2. The number of H-pyrrole nitrogens is 1. The summed E-state index contributed by atoms with van der Waals surface area (Å²) < 4.78 is 16.0. The van der Waals surface area contributed by atoms with Crippen LogP contribution in [-0.2, 0) is 4.79 Å². The van der Waals surface area contributed by atoms with Crippen molar-refractivity contribution in [1.29, 1.82) is 0 Å². The number of ether oxygens (including phenoxy) is 3. The molecule has 0 unspecified atom stereocenters. The van der Waals surface area contributed by atoms with E-state index < -0.39 is 0 Å². The highest BCUT2D eigenvalue weighted by molar-refractivity contribution is 5.93. The molecule has 0 saturated heterocycles. The molecule has 0 radical (unpaired) electrons. The van der Waals surface area contributed by atoms with Gasteiger partial charge in [0, 0.05) is 23.3 Å². The van der Waals surface area contributed by atoms with E-state index in [0.29, 0.717) is 33.7 Å². The highest BCUT2D eigenvalue weighted by atomic mass is 16.5. The zero-order valence-corrected chi connectivity index (χ0v) is 14.4. The molecule has 2 aromatic carbocycles. The average molecular weight is 354 g/mol. The van der Waals surface area contributed by atoms with Crippen molar-refractivity contribution >= 4 is 22.4 Å². The first kappa shape index (κ1) is 17.3. The van der Waals surface area contributed by atoms with Gasteiger partial charge in [-0.1, -0.05) is 6.07 Å². The number of pyridine rings is 1. The van der Waals surface area contributed by atoms with Crippen LogP contribution in [0.25, 0.3) is 10.8 Å². The number of rotatable bonds is 6. The minimum Gasteiger partial charge on any atom is -0.493 e. The van der Waals surface area contributed by atoms with Gasteiger partial charge < -0.3 is 24.5 Å². The summed E-state index contributed by atoms with van der Waals surface area (Å²) in [6.07, 6.45) is 1.54. The minimum atomic E-state index is -0.334. The van der Waals surface area contributed by atoms with Crippen LogP contribution in [0.1, 0.15) is 0 Å². The molecule has 0 fully saturated rings. The molecule has 0 aliphatic carbocycles. The third-order valence-electron chi connectivity index (χ3n) is 3.80. The molecule has 0 saturated carbocycles. The van der Waals surface area contributed by atoms with E-state index in [1.54, 1.807) is 55.8 Å². The highest BCUT2D eigenvalue weighted by Crippen LogP contribution is 2.29. The van der Waals surface area contributed by atoms with Crippen LogP contribution in [0.15, 0.2) is 53.5 Å². The van der Waals surface area contributed by atoms with Gasteiger partial charge in [-0.25, -0.2) is 0 Å². The molecule has 26 heavy (non-hydrogen) atoms. The number of hydrogen-bond acceptors (Lipinski definition) is 5. The van der Waals surface area contributed by atoms with Gasteiger partial charge >= 0.3 is 0 Å². The first-order valence-electron chi connectivity index (χ1n) is 7.87.